The predicted molar refractivity (Wildman–Crippen MR) is 158 cm³/mol. The zero-order valence-corrected chi connectivity index (χ0v) is 25.2. The van der Waals surface area contributed by atoms with Crippen LogP contribution in [0.15, 0.2) is 60.7 Å². The molecule has 43 heavy (non-hydrogen) atoms. The molecule has 2 aromatic rings. The summed E-state index contributed by atoms with van der Waals surface area (Å²) in [5.74, 6) is -0.385. The molecule has 2 saturated heterocycles. The second-order valence-electron chi connectivity index (χ2n) is 10.8. The largest absolute Gasteiger partial charge is 0.469 e. The van der Waals surface area contributed by atoms with E-state index >= 15 is 0 Å². The highest BCUT2D eigenvalue weighted by Crippen LogP contribution is 2.36. The summed E-state index contributed by atoms with van der Waals surface area (Å²) >= 11 is 0. The van der Waals surface area contributed by atoms with Crippen LogP contribution in [0.1, 0.15) is 69.3 Å². The molecule has 6 atom stereocenters. The lowest BCUT2D eigenvalue weighted by Crippen LogP contribution is -2.67. The lowest BCUT2D eigenvalue weighted by atomic mass is 9.95. The van der Waals surface area contributed by atoms with Crippen LogP contribution < -0.4 is 5.32 Å². The third kappa shape index (κ3) is 10.7. The first kappa shape index (κ1) is 33.0. The zero-order chi connectivity index (χ0) is 30.3. The standard InChI is InChI=1S/C33H45NO9/c1-24(35)34-29-31(41-23-38-21-25-15-9-7-10-16-25)30-27(22-40-32(43-30)26-17-11-8-12-18-26)42-33(29)39-20-14-6-4-3-5-13-19-28(36)37-2/h7-12,15-18,27,29-33H,3-6,13-14,19-23H2,1-2H3,(H,34,35)/t27-,29-,30-,31-,32?,33-/m1/s1. The maximum absolute atomic E-state index is 12.3. The highest BCUT2D eigenvalue weighted by Gasteiger charge is 2.51. The quantitative estimate of drug-likeness (QED) is 0.156. The van der Waals surface area contributed by atoms with Crippen molar-refractivity contribution in [3.63, 3.8) is 0 Å². The van der Waals surface area contributed by atoms with Gasteiger partial charge in [-0.2, -0.15) is 0 Å². The molecule has 0 aliphatic carbocycles. The number of hydrogen-bond acceptors (Lipinski definition) is 9. The van der Waals surface area contributed by atoms with Gasteiger partial charge in [-0.25, -0.2) is 0 Å². The van der Waals surface area contributed by atoms with Crippen LogP contribution in [0.4, 0.5) is 0 Å². The molecule has 236 valence electrons. The van der Waals surface area contributed by atoms with Gasteiger partial charge in [0.2, 0.25) is 5.91 Å². The molecule has 2 aromatic carbocycles. The van der Waals surface area contributed by atoms with Gasteiger partial charge in [0.25, 0.3) is 0 Å². The number of ether oxygens (including phenoxy) is 7. The number of unbranched alkanes of at least 4 members (excludes halogenated alkanes) is 5. The Bertz CT molecular complexity index is 1090. The second kappa shape index (κ2) is 18.1. The first-order valence-electron chi connectivity index (χ1n) is 15.2. The van der Waals surface area contributed by atoms with E-state index in [1.165, 1.54) is 14.0 Å². The van der Waals surface area contributed by atoms with Gasteiger partial charge in [0.1, 0.15) is 31.1 Å². The minimum atomic E-state index is -0.746. The fourth-order valence-electron chi connectivity index (χ4n) is 5.32. The van der Waals surface area contributed by atoms with Crippen LogP contribution in [0.3, 0.4) is 0 Å². The molecule has 2 aliphatic heterocycles. The van der Waals surface area contributed by atoms with E-state index in [9.17, 15) is 9.59 Å². The number of fused-ring (bicyclic) bond motifs is 1. The molecular weight excluding hydrogens is 554 g/mol. The van der Waals surface area contributed by atoms with E-state index in [0.29, 0.717) is 19.6 Å². The molecule has 0 saturated carbocycles. The molecule has 0 radical (unpaired) electrons. The van der Waals surface area contributed by atoms with Crippen molar-refractivity contribution in [3.8, 4) is 0 Å². The minimum absolute atomic E-state index is 0.00177. The highest BCUT2D eigenvalue weighted by molar-refractivity contribution is 5.73. The van der Waals surface area contributed by atoms with Crippen molar-refractivity contribution in [2.75, 3.05) is 27.1 Å². The Morgan fingerprint density at radius 3 is 2.30 bits per heavy atom. The van der Waals surface area contributed by atoms with Crippen molar-refractivity contribution in [2.24, 2.45) is 0 Å². The van der Waals surface area contributed by atoms with Crippen molar-refractivity contribution in [1.29, 1.82) is 0 Å². The number of carbonyl (C=O) groups is 2. The van der Waals surface area contributed by atoms with Gasteiger partial charge in [-0.1, -0.05) is 86.3 Å². The number of amides is 1. The van der Waals surface area contributed by atoms with Crippen molar-refractivity contribution in [2.45, 2.75) is 95.4 Å². The maximum atomic E-state index is 12.3. The Labute approximate surface area is 254 Å². The topological polar surface area (TPSA) is 111 Å². The Kier molecular flexibility index (Phi) is 13.9. The molecule has 1 N–H and O–H groups in total. The number of esters is 1. The molecule has 0 aromatic heterocycles. The number of methoxy groups -OCH3 is 1. The van der Waals surface area contributed by atoms with E-state index in [0.717, 1.165) is 49.7 Å². The van der Waals surface area contributed by atoms with E-state index in [-0.39, 0.29) is 25.3 Å². The third-order valence-corrected chi connectivity index (χ3v) is 7.52. The van der Waals surface area contributed by atoms with Gasteiger partial charge < -0.3 is 38.5 Å². The van der Waals surface area contributed by atoms with Crippen LogP contribution in [-0.4, -0.2) is 69.6 Å². The normalized spacial score (nSPS) is 25.1. The fourth-order valence-corrected chi connectivity index (χ4v) is 5.32. The van der Waals surface area contributed by atoms with Crippen molar-refractivity contribution in [1.82, 2.24) is 5.32 Å². The van der Waals surface area contributed by atoms with Crippen LogP contribution in [0.2, 0.25) is 0 Å². The second-order valence-corrected chi connectivity index (χ2v) is 10.8. The van der Waals surface area contributed by atoms with Crippen LogP contribution >= 0.6 is 0 Å². The summed E-state index contributed by atoms with van der Waals surface area (Å²) in [7, 11) is 1.42. The lowest BCUT2D eigenvalue weighted by molar-refractivity contribution is -0.353. The predicted octanol–water partition coefficient (Wildman–Crippen LogP) is 4.81. The van der Waals surface area contributed by atoms with E-state index in [2.05, 4.69) is 10.1 Å². The minimum Gasteiger partial charge on any atom is -0.469 e. The van der Waals surface area contributed by atoms with Gasteiger partial charge in [-0.15, -0.1) is 0 Å². The number of nitrogens with one attached hydrogen (secondary N) is 1. The zero-order valence-electron chi connectivity index (χ0n) is 25.2. The van der Waals surface area contributed by atoms with Gasteiger partial charge in [0, 0.05) is 25.5 Å². The van der Waals surface area contributed by atoms with Crippen LogP contribution in [0, 0.1) is 0 Å². The summed E-state index contributed by atoms with van der Waals surface area (Å²) in [4.78, 5) is 23.6. The number of carbonyl (C=O) groups excluding carboxylic acids is 2. The molecule has 10 nitrogen and oxygen atoms in total. The first-order valence-corrected chi connectivity index (χ1v) is 15.2. The summed E-state index contributed by atoms with van der Waals surface area (Å²) in [6.45, 7) is 2.60. The van der Waals surface area contributed by atoms with Gasteiger partial charge in [-0.05, 0) is 18.4 Å². The Morgan fingerprint density at radius 1 is 0.884 bits per heavy atom. The fraction of sp³-hybridized carbons (Fsp3) is 0.576. The number of rotatable bonds is 17. The summed E-state index contributed by atoms with van der Waals surface area (Å²) in [6, 6.07) is 18.9. The maximum Gasteiger partial charge on any atom is 0.305 e. The average molecular weight is 600 g/mol. The van der Waals surface area contributed by atoms with Crippen LogP contribution in [0.25, 0.3) is 0 Å². The first-order chi connectivity index (χ1) is 21.0. The summed E-state index contributed by atoms with van der Waals surface area (Å²) < 4.78 is 41.8. The van der Waals surface area contributed by atoms with E-state index in [4.69, 9.17) is 28.4 Å². The summed E-state index contributed by atoms with van der Waals surface area (Å²) in [5.41, 5.74) is 1.92. The van der Waals surface area contributed by atoms with E-state index in [1.54, 1.807) is 0 Å². The Morgan fingerprint density at radius 2 is 1.58 bits per heavy atom. The Hall–Kier alpha value is -2.86. The summed E-state index contributed by atoms with van der Waals surface area (Å²) in [6.07, 6.45) is 3.29. The Balaban J connectivity index is 1.35. The number of hydrogen-bond donors (Lipinski definition) is 1. The molecule has 2 fully saturated rings. The molecule has 1 amide bonds. The van der Waals surface area contributed by atoms with Crippen LogP contribution in [0.5, 0.6) is 0 Å². The monoisotopic (exact) mass is 599 g/mol. The van der Waals surface area contributed by atoms with Gasteiger partial charge in [0.15, 0.2) is 12.6 Å². The molecule has 4 rings (SSSR count). The van der Waals surface area contributed by atoms with Crippen molar-refractivity contribution in [3.05, 3.63) is 71.8 Å². The molecule has 2 aliphatic rings. The average Bonchev–Trinajstić information content (AvgIpc) is 3.03. The van der Waals surface area contributed by atoms with E-state index < -0.39 is 36.9 Å². The third-order valence-electron chi connectivity index (χ3n) is 7.52. The highest BCUT2D eigenvalue weighted by atomic mass is 16.8. The molecule has 1 unspecified atom stereocenters. The molecule has 0 spiro atoms. The molecule has 2 heterocycles. The van der Waals surface area contributed by atoms with Crippen LogP contribution in [-0.2, 0) is 49.4 Å². The van der Waals surface area contributed by atoms with Crippen molar-refractivity contribution >= 4 is 11.9 Å². The lowest BCUT2D eigenvalue weighted by Gasteiger charge is -2.49. The molecular formula is C33H45NO9. The molecule has 10 heteroatoms. The summed E-state index contributed by atoms with van der Waals surface area (Å²) in [5, 5.41) is 2.99. The number of benzene rings is 2. The molecule has 0 bridgehead atoms. The smallest absolute Gasteiger partial charge is 0.305 e. The van der Waals surface area contributed by atoms with Gasteiger partial charge >= 0.3 is 5.97 Å². The van der Waals surface area contributed by atoms with Gasteiger partial charge in [0.05, 0.1) is 20.3 Å². The SMILES string of the molecule is COC(=O)CCCCCCCCO[C@@H]1O[C@@H]2COC(c3ccccc3)O[C@H]2[C@H](OCOCc2ccccc2)[C@H]1NC(C)=O. The van der Waals surface area contributed by atoms with E-state index in [1.807, 2.05) is 60.7 Å². The van der Waals surface area contributed by atoms with Gasteiger partial charge in [-0.3, -0.25) is 9.59 Å². The van der Waals surface area contributed by atoms with Crippen molar-refractivity contribution < 1.29 is 42.7 Å².